The van der Waals surface area contributed by atoms with Crippen molar-refractivity contribution in [1.29, 1.82) is 0 Å². The number of rotatable bonds is 5. The number of aromatic nitrogens is 2. The number of fused-ring (bicyclic) bond motifs is 1. The minimum absolute atomic E-state index is 0.0144. The number of hydrogen-bond acceptors (Lipinski definition) is 3. The SMILES string of the molecule is CN(Cc1ccc(F)cc1)C(=O)CSc1nc2cc(Cl)ccc2n1C. The smallest absolute Gasteiger partial charge is 0.233 e. The number of aryl methyl sites for hydroxylation is 1. The zero-order chi connectivity index (χ0) is 18.0. The number of hydrogen-bond donors (Lipinski definition) is 0. The van der Waals surface area contributed by atoms with Crippen molar-refractivity contribution in [3.8, 4) is 0 Å². The van der Waals surface area contributed by atoms with Gasteiger partial charge in [-0.15, -0.1) is 0 Å². The lowest BCUT2D eigenvalue weighted by Gasteiger charge is -2.17. The monoisotopic (exact) mass is 377 g/mol. The third kappa shape index (κ3) is 4.14. The Hall–Kier alpha value is -2.05. The first kappa shape index (κ1) is 17.8. The molecular weight excluding hydrogens is 361 g/mol. The summed E-state index contributed by atoms with van der Waals surface area (Å²) in [6.07, 6.45) is 0. The lowest BCUT2D eigenvalue weighted by atomic mass is 10.2. The minimum Gasteiger partial charge on any atom is -0.341 e. The molecule has 0 saturated carbocycles. The molecule has 4 nitrogen and oxygen atoms in total. The van der Waals surface area contributed by atoms with Crippen molar-refractivity contribution in [1.82, 2.24) is 14.5 Å². The van der Waals surface area contributed by atoms with Gasteiger partial charge in [-0.1, -0.05) is 35.5 Å². The van der Waals surface area contributed by atoms with Gasteiger partial charge in [0.2, 0.25) is 5.91 Å². The van der Waals surface area contributed by atoms with Gasteiger partial charge in [0.25, 0.3) is 0 Å². The molecule has 0 aliphatic rings. The van der Waals surface area contributed by atoms with Gasteiger partial charge in [-0.3, -0.25) is 4.79 Å². The maximum Gasteiger partial charge on any atom is 0.233 e. The van der Waals surface area contributed by atoms with Crippen LogP contribution in [0.1, 0.15) is 5.56 Å². The van der Waals surface area contributed by atoms with Gasteiger partial charge in [0.05, 0.1) is 16.8 Å². The van der Waals surface area contributed by atoms with Gasteiger partial charge in [-0.05, 0) is 35.9 Å². The van der Waals surface area contributed by atoms with Crippen molar-refractivity contribution in [2.45, 2.75) is 11.7 Å². The second-order valence-corrected chi connectivity index (χ2v) is 7.13. The van der Waals surface area contributed by atoms with E-state index in [0.717, 1.165) is 21.8 Å². The maximum atomic E-state index is 12.9. The van der Waals surface area contributed by atoms with Gasteiger partial charge in [0.1, 0.15) is 5.82 Å². The molecule has 25 heavy (non-hydrogen) atoms. The molecule has 7 heteroatoms. The fourth-order valence-corrected chi connectivity index (χ4v) is 3.56. The summed E-state index contributed by atoms with van der Waals surface area (Å²) in [7, 11) is 3.65. The second-order valence-electron chi connectivity index (χ2n) is 5.75. The van der Waals surface area contributed by atoms with Crippen LogP contribution in [-0.4, -0.2) is 33.2 Å². The number of carbonyl (C=O) groups excluding carboxylic acids is 1. The fourth-order valence-electron chi connectivity index (χ4n) is 2.47. The first-order chi connectivity index (χ1) is 11.9. The highest BCUT2D eigenvalue weighted by Gasteiger charge is 2.14. The summed E-state index contributed by atoms with van der Waals surface area (Å²) in [5, 5.41) is 1.40. The van der Waals surface area contributed by atoms with E-state index in [1.807, 2.05) is 29.8 Å². The van der Waals surface area contributed by atoms with Crippen LogP contribution in [0.4, 0.5) is 4.39 Å². The molecule has 0 saturated heterocycles. The van der Waals surface area contributed by atoms with E-state index in [9.17, 15) is 9.18 Å². The molecular formula is C18H17ClFN3OS. The van der Waals surface area contributed by atoms with E-state index >= 15 is 0 Å². The second kappa shape index (κ2) is 7.45. The van der Waals surface area contributed by atoms with Gasteiger partial charge in [0.15, 0.2) is 5.16 Å². The highest BCUT2D eigenvalue weighted by molar-refractivity contribution is 7.99. The zero-order valence-electron chi connectivity index (χ0n) is 13.9. The largest absolute Gasteiger partial charge is 0.341 e. The molecule has 0 aliphatic heterocycles. The Bertz CT molecular complexity index is 911. The van der Waals surface area contributed by atoms with E-state index in [1.165, 1.54) is 23.9 Å². The Labute approximate surface area is 154 Å². The van der Waals surface area contributed by atoms with E-state index in [1.54, 1.807) is 24.1 Å². The average molecular weight is 378 g/mol. The van der Waals surface area contributed by atoms with Crippen LogP contribution < -0.4 is 0 Å². The van der Waals surface area contributed by atoms with Crippen LogP contribution in [0.2, 0.25) is 5.02 Å². The fraction of sp³-hybridized carbons (Fsp3) is 0.222. The van der Waals surface area contributed by atoms with Crippen molar-refractivity contribution in [2.24, 2.45) is 7.05 Å². The molecule has 1 heterocycles. The molecule has 0 bridgehead atoms. The Kier molecular flexibility index (Phi) is 5.30. The van der Waals surface area contributed by atoms with Crippen molar-refractivity contribution < 1.29 is 9.18 Å². The lowest BCUT2D eigenvalue weighted by Crippen LogP contribution is -2.27. The first-order valence-corrected chi connectivity index (χ1v) is 9.03. The van der Waals surface area contributed by atoms with Crippen molar-refractivity contribution in [2.75, 3.05) is 12.8 Å². The lowest BCUT2D eigenvalue weighted by molar-refractivity contribution is -0.127. The maximum absolute atomic E-state index is 12.9. The summed E-state index contributed by atoms with van der Waals surface area (Å²) in [6, 6.07) is 11.7. The third-order valence-electron chi connectivity index (χ3n) is 3.89. The van der Waals surface area contributed by atoms with Crippen LogP contribution in [0.25, 0.3) is 11.0 Å². The number of thioether (sulfide) groups is 1. The van der Waals surface area contributed by atoms with Crippen molar-refractivity contribution in [3.63, 3.8) is 0 Å². The number of halogens is 2. The summed E-state index contributed by atoms with van der Waals surface area (Å²) >= 11 is 7.38. The van der Waals surface area contributed by atoms with E-state index < -0.39 is 0 Å². The van der Waals surface area contributed by atoms with Crippen LogP contribution >= 0.6 is 23.4 Å². The van der Waals surface area contributed by atoms with Gasteiger partial charge in [-0.25, -0.2) is 9.37 Å². The number of amides is 1. The van der Waals surface area contributed by atoms with Gasteiger partial charge < -0.3 is 9.47 Å². The number of imidazole rings is 1. The molecule has 0 spiro atoms. The average Bonchev–Trinajstić information content (AvgIpc) is 2.90. The summed E-state index contributed by atoms with van der Waals surface area (Å²) in [5.41, 5.74) is 2.67. The van der Waals surface area contributed by atoms with Crippen molar-refractivity contribution >= 4 is 40.3 Å². The molecule has 0 unspecified atom stereocenters. The van der Waals surface area contributed by atoms with Crippen LogP contribution in [0.3, 0.4) is 0 Å². The molecule has 0 atom stereocenters. The molecule has 2 aromatic carbocycles. The predicted molar refractivity (Wildman–Crippen MR) is 99.3 cm³/mol. The van der Waals surface area contributed by atoms with E-state index in [-0.39, 0.29) is 17.5 Å². The quantitative estimate of drug-likeness (QED) is 0.628. The van der Waals surface area contributed by atoms with Crippen LogP contribution in [0.5, 0.6) is 0 Å². The van der Waals surface area contributed by atoms with E-state index in [0.29, 0.717) is 11.6 Å². The Morgan fingerprint density at radius 2 is 2.00 bits per heavy atom. The highest BCUT2D eigenvalue weighted by atomic mass is 35.5. The number of nitrogens with zero attached hydrogens (tertiary/aromatic N) is 3. The molecule has 0 fully saturated rings. The van der Waals surface area contributed by atoms with Gasteiger partial charge in [0, 0.05) is 25.7 Å². The zero-order valence-corrected chi connectivity index (χ0v) is 15.4. The molecule has 0 radical (unpaired) electrons. The standard InChI is InChI=1S/C18H17ClFN3OS/c1-22(10-12-3-6-14(20)7-4-12)17(24)11-25-18-21-15-9-13(19)5-8-16(15)23(18)2/h3-9H,10-11H2,1-2H3. The summed E-state index contributed by atoms with van der Waals surface area (Å²) < 4.78 is 14.9. The molecule has 1 aromatic heterocycles. The summed E-state index contributed by atoms with van der Waals surface area (Å²) in [6.45, 7) is 0.442. The van der Waals surface area contributed by atoms with E-state index in [2.05, 4.69) is 4.98 Å². The Morgan fingerprint density at radius 3 is 2.72 bits per heavy atom. The predicted octanol–water partition coefficient (Wildman–Crippen LogP) is 4.12. The number of carbonyl (C=O) groups is 1. The number of benzene rings is 2. The minimum atomic E-state index is -0.282. The van der Waals surface area contributed by atoms with Gasteiger partial charge >= 0.3 is 0 Å². The van der Waals surface area contributed by atoms with Crippen LogP contribution in [0, 0.1) is 5.82 Å². The van der Waals surface area contributed by atoms with E-state index in [4.69, 9.17) is 11.6 Å². The van der Waals surface area contributed by atoms with Crippen LogP contribution in [-0.2, 0) is 18.4 Å². The highest BCUT2D eigenvalue weighted by Crippen LogP contribution is 2.25. The van der Waals surface area contributed by atoms with Crippen molar-refractivity contribution in [3.05, 3.63) is 58.9 Å². The molecule has 0 aliphatic carbocycles. The molecule has 130 valence electrons. The Morgan fingerprint density at radius 1 is 1.28 bits per heavy atom. The molecule has 1 amide bonds. The third-order valence-corrected chi connectivity index (χ3v) is 5.14. The topological polar surface area (TPSA) is 38.1 Å². The Balaban J connectivity index is 1.63. The normalized spacial score (nSPS) is 11.0. The summed E-state index contributed by atoms with van der Waals surface area (Å²) in [4.78, 5) is 18.5. The molecule has 3 aromatic rings. The molecule has 3 rings (SSSR count). The van der Waals surface area contributed by atoms with Crippen LogP contribution in [0.15, 0.2) is 47.6 Å². The van der Waals surface area contributed by atoms with Gasteiger partial charge in [-0.2, -0.15) is 0 Å². The first-order valence-electron chi connectivity index (χ1n) is 7.67. The molecule has 0 N–H and O–H groups in total. The summed E-state index contributed by atoms with van der Waals surface area (Å²) in [5.74, 6) is -0.0163.